The average Bonchev–Trinajstić information content (AvgIpc) is 2.37. The van der Waals surface area contributed by atoms with Crippen LogP contribution in [0.1, 0.15) is 51.2 Å². The van der Waals surface area contributed by atoms with E-state index in [1.165, 1.54) is 30.4 Å². The van der Waals surface area contributed by atoms with Gasteiger partial charge in [0, 0.05) is 4.83 Å². The smallest absolute Gasteiger partial charge is 0.122 e. The van der Waals surface area contributed by atoms with Crippen LogP contribution in [0.2, 0.25) is 0 Å². The maximum atomic E-state index is 5.57. The molecule has 0 N–H and O–H groups in total. The van der Waals surface area contributed by atoms with Gasteiger partial charge in [-0.2, -0.15) is 0 Å². The van der Waals surface area contributed by atoms with E-state index in [1.54, 1.807) is 7.11 Å². The molecule has 0 aliphatic heterocycles. The molecule has 0 amide bonds. The first-order valence-electron chi connectivity index (χ1n) is 8.11. The topological polar surface area (TPSA) is 9.23 Å². The fraction of sp³-hybridized carbons (Fsp3) is 0.684. The van der Waals surface area contributed by atoms with E-state index in [-0.39, 0.29) is 5.41 Å². The summed E-state index contributed by atoms with van der Waals surface area (Å²) in [5.41, 5.74) is 2.95. The van der Waals surface area contributed by atoms with E-state index < -0.39 is 0 Å². The number of ether oxygens (including phenoxy) is 1. The molecule has 1 saturated carbocycles. The lowest BCUT2D eigenvalue weighted by atomic mass is 9.66. The molecule has 1 nitrogen and oxygen atoms in total. The number of methoxy groups -OCH3 is 1. The Morgan fingerprint density at radius 1 is 1.29 bits per heavy atom. The van der Waals surface area contributed by atoms with Crippen molar-refractivity contribution >= 4 is 15.9 Å². The Labute approximate surface area is 138 Å². The minimum absolute atomic E-state index is 0.287. The quantitative estimate of drug-likeness (QED) is 0.624. The van der Waals surface area contributed by atoms with E-state index in [4.69, 9.17) is 4.74 Å². The van der Waals surface area contributed by atoms with Gasteiger partial charge in [0.05, 0.1) is 7.11 Å². The molecule has 0 saturated heterocycles. The highest BCUT2D eigenvalue weighted by molar-refractivity contribution is 9.09. The van der Waals surface area contributed by atoms with Crippen LogP contribution in [0.4, 0.5) is 0 Å². The minimum Gasteiger partial charge on any atom is -0.496 e. The zero-order valence-corrected chi connectivity index (χ0v) is 15.7. The van der Waals surface area contributed by atoms with Gasteiger partial charge in [-0.3, -0.25) is 0 Å². The van der Waals surface area contributed by atoms with Gasteiger partial charge in [-0.1, -0.05) is 60.8 Å². The molecule has 2 rings (SSSR count). The Morgan fingerprint density at radius 3 is 2.62 bits per heavy atom. The molecule has 118 valence electrons. The first kappa shape index (κ1) is 16.9. The standard InChI is InChI=1S/C19H29BrO/c1-13-7-9-18(21-5)15(10-13)12-19(3,4)16-8-6-14(2)11-17(16)20/h7,9-10,14,16-17H,6,8,11-12H2,1-5H3. The zero-order valence-electron chi connectivity index (χ0n) is 14.1. The van der Waals surface area contributed by atoms with Crippen molar-refractivity contribution in [3.8, 4) is 5.75 Å². The molecule has 1 aliphatic rings. The van der Waals surface area contributed by atoms with Crippen LogP contribution < -0.4 is 4.74 Å². The van der Waals surface area contributed by atoms with E-state index in [0.717, 1.165) is 24.0 Å². The van der Waals surface area contributed by atoms with E-state index in [1.807, 2.05) is 0 Å². The molecule has 1 aliphatic carbocycles. The second kappa shape index (κ2) is 6.73. The summed E-state index contributed by atoms with van der Waals surface area (Å²) in [5, 5.41) is 0. The number of hydrogen-bond acceptors (Lipinski definition) is 1. The Morgan fingerprint density at radius 2 is 2.00 bits per heavy atom. The molecule has 0 bridgehead atoms. The predicted octanol–water partition coefficient (Wildman–Crippen LogP) is 5.77. The number of alkyl halides is 1. The lowest BCUT2D eigenvalue weighted by Gasteiger charge is -2.42. The Hall–Kier alpha value is -0.500. The van der Waals surface area contributed by atoms with E-state index in [9.17, 15) is 0 Å². The Bertz CT molecular complexity index is 480. The average molecular weight is 353 g/mol. The fourth-order valence-electron chi connectivity index (χ4n) is 3.86. The largest absolute Gasteiger partial charge is 0.496 e. The molecular formula is C19H29BrO. The van der Waals surface area contributed by atoms with Crippen LogP contribution in [0, 0.1) is 24.2 Å². The molecule has 0 radical (unpaired) electrons. The SMILES string of the molecule is COc1ccc(C)cc1CC(C)(C)C1CCC(C)CC1Br. The highest BCUT2D eigenvalue weighted by Gasteiger charge is 2.38. The van der Waals surface area contributed by atoms with Gasteiger partial charge in [0.2, 0.25) is 0 Å². The van der Waals surface area contributed by atoms with Gasteiger partial charge >= 0.3 is 0 Å². The summed E-state index contributed by atoms with van der Waals surface area (Å²) >= 11 is 3.96. The number of hydrogen-bond donors (Lipinski definition) is 0. The lowest BCUT2D eigenvalue weighted by molar-refractivity contribution is 0.146. The van der Waals surface area contributed by atoms with Gasteiger partial charge in [0.1, 0.15) is 5.75 Å². The molecule has 1 aromatic carbocycles. The second-order valence-electron chi connectivity index (χ2n) is 7.52. The van der Waals surface area contributed by atoms with Crippen molar-refractivity contribution in [2.24, 2.45) is 17.3 Å². The molecule has 0 heterocycles. The maximum Gasteiger partial charge on any atom is 0.122 e. The summed E-state index contributed by atoms with van der Waals surface area (Å²) in [6, 6.07) is 6.52. The number of benzene rings is 1. The normalized spacial score (nSPS) is 26.7. The van der Waals surface area contributed by atoms with Crippen LogP contribution in [0.15, 0.2) is 18.2 Å². The van der Waals surface area contributed by atoms with Crippen molar-refractivity contribution in [1.82, 2.24) is 0 Å². The molecule has 3 atom stereocenters. The summed E-state index contributed by atoms with van der Waals surface area (Å²) in [6.07, 6.45) is 5.08. The molecule has 21 heavy (non-hydrogen) atoms. The van der Waals surface area contributed by atoms with Crippen LogP contribution in [-0.2, 0) is 6.42 Å². The van der Waals surface area contributed by atoms with E-state index in [0.29, 0.717) is 4.83 Å². The van der Waals surface area contributed by atoms with Crippen molar-refractivity contribution in [1.29, 1.82) is 0 Å². The number of halogens is 1. The lowest BCUT2D eigenvalue weighted by Crippen LogP contribution is -2.37. The van der Waals surface area contributed by atoms with Gasteiger partial charge in [-0.25, -0.2) is 0 Å². The molecule has 0 spiro atoms. The van der Waals surface area contributed by atoms with Gasteiger partial charge in [0.25, 0.3) is 0 Å². The number of rotatable bonds is 4. The summed E-state index contributed by atoms with van der Waals surface area (Å²) in [4.78, 5) is 0.645. The minimum atomic E-state index is 0.287. The third-order valence-electron chi connectivity index (χ3n) is 5.12. The first-order valence-corrected chi connectivity index (χ1v) is 9.02. The summed E-state index contributed by atoms with van der Waals surface area (Å²) in [5.74, 6) is 2.62. The number of aryl methyl sites for hydroxylation is 1. The molecular weight excluding hydrogens is 324 g/mol. The summed E-state index contributed by atoms with van der Waals surface area (Å²) in [6.45, 7) is 9.37. The third kappa shape index (κ3) is 4.03. The van der Waals surface area contributed by atoms with Gasteiger partial charge < -0.3 is 4.74 Å². The molecule has 0 aromatic heterocycles. The maximum absolute atomic E-state index is 5.57. The van der Waals surface area contributed by atoms with Gasteiger partial charge in [-0.05, 0) is 55.1 Å². The fourth-order valence-corrected chi connectivity index (χ4v) is 5.48. The highest BCUT2D eigenvalue weighted by atomic mass is 79.9. The van der Waals surface area contributed by atoms with Gasteiger partial charge in [0.15, 0.2) is 0 Å². The van der Waals surface area contributed by atoms with E-state index in [2.05, 4.69) is 61.8 Å². The van der Waals surface area contributed by atoms with Crippen molar-refractivity contribution in [2.45, 2.75) is 58.2 Å². The first-order chi connectivity index (χ1) is 9.83. The summed E-state index contributed by atoms with van der Waals surface area (Å²) in [7, 11) is 1.77. The molecule has 3 unspecified atom stereocenters. The zero-order chi connectivity index (χ0) is 15.6. The van der Waals surface area contributed by atoms with Crippen LogP contribution >= 0.6 is 15.9 Å². The third-order valence-corrected chi connectivity index (χ3v) is 6.13. The Kier molecular flexibility index (Phi) is 5.40. The van der Waals surface area contributed by atoms with Crippen LogP contribution in [0.5, 0.6) is 5.75 Å². The monoisotopic (exact) mass is 352 g/mol. The van der Waals surface area contributed by atoms with Crippen molar-refractivity contribution in [3.63, 3.8) is 0 Å². The van der Waals surface area contributed by atoms with E-state index >= 15 is 0 Å². The van der Waals surface area contributed by atoms with Crippen molar-refractivity contribution < 1.29 is 4.74 Å². The predicted molar refractivity (Wildman–Crippen MR) is 94.4 cm³/mol. The second-order valence-corrected chi connectivity index (χ2v) is 8.70. The van der Waals surface area contributed by atoms with Crippen LogP contribution in [0.3, 0.4) is 0 Å². The molecule has 1 fully saturated rings. The van der Waals surface area contributed by atoms with Crippen molar-refractivity contribution in [2.75, 3.05) is 7.11 Å². The Balaban J connectivity index is 2.19. The van der Waals surface area contributed by atoms with Crippen LogP contribution in [0.25, 0.3) is 0 Å². The molecule has 2 heteroatoms. The van der Waals surface area contributed by atoms with Crippen molar-refractivity contribution in [3.05, 3.63) is 29.3 Å². The summed E-state index contributed by atoms with van der Waals surface area (Å²) < 4.78 is 5.57. The van der Waals surface area contributed by atoms with Crippen LogP contribution in [-0.4, -0.2) is 11.9 Å². The van der Waals surface area contributed by atoms with Gasteiger partial charge in [-0.15, -0.1) is 0 Å². The highest BCUT2D eigenvalue weighted by Crippen LogP contribution is 2.46. The molecule has 1 aromatic rings.